The van der Waals surface area contributed by atoms with Crippen LogP contribution in [-0.2, 0) is 6.54 Å². The topological polar surface area (TPSA) is 61.3 Å². The van der Waals surface area contributed by atoms with E-state index in [9.17, 15) is 0 Å². The van der Waals surface area contributed by atoms with E-state index in [1.54, 1.807) is 0 Å². The first-order valence-corrected chi connectivity index (χ1v) is 4.96. The van der Waals surface area contributed by atoms with Gasteiger partial charge in [0.25, 0.3) is 0 Å². The molecule has 0 radical (unpaired) electrons. The molecule has 0 spiro atoms. The van der Waals surface area contributed by atoms with Crippen molar-refractivity contribution in [1.82, 2.24) is 14.5 Å². The van der Waals surface area contributed by atoms with Gasteiger partial charge in [-0.1, -0.05) is 4.49 Å². The van der Waals surface area contributed by atoms with Gasteiger partial charge in [-0.05, 0) is 0 Å². The van der Waals surface area contributed by atoms with Crippen LogP contribution in [0.3, 0.4) is 0 Å². The average Bonchev–Trinajstić information content (AvgIpc) is 2.49. The number of likely N-dealkylation sites (tertiary alicyclic amines) is 1. The molecule has 1 aliphatic heterocycles. The third-order valence-electron chi connectivity index (χ3n) is 2.09. The van der Waals surface area contributed by atoms with Crippen molar-refractivity contribution in [2.45, 2.75) is 12.6 Å². The largest absolute Gasteiger partial charge is 0.390 e. The second kappa shape index (κ2) is 3.57. The van der Waals surface area contributed by atoms with Crippen LogP contribution in [-0.4, -0.2) is 45.8 Å². The molecule has 0 saturated carbocycles. The van der Waals surface area contributed by atoms with E-state index in [1.165, 1.54) is 11.5 Å². The molecule has 0 unspecified atom stereocenters. The summed E-state index contributed by atoms with van der Waals surface area (Å²) in [6.45, 7) is 2.28. The number of rotatable bonds is 3. The van der Waals surface area contributed by atoms with Gasteiger partial charge in [0.15, 0.2) is 0 Å². The summed E-state index contributed by atoms with van der Waals surface area (Å²) in [4.78, 5) is 2.14. The summed E-state index contributed by atoms with van der Waals surface area (Å²) >= 11 is 1.37. The summed E-state index contributed by atoms with van der Waals surface area (Å²) in [6, 6.07) is 0. The lowest BCUT2D eigenvalue weighted by Crippen LogP contribution is -2.49. The van der Waals surface area contributed by atoms with E-state index in [2.05, 4.69) is 19.8 Å². The maximum absolute atomic E-state index is 9.08. The predicted molar refractivity (Wildman–Crippen MR) is 50.7 cm³/mol. The van der Waals surface area contributed by atoms with Gasteiger partial charge in [-0.25, -0.2) is 0 Å². The van der Waals surface area contributed by atoms with Crippen LogP contribution in [0.4, 0.5) is 5.00 Å². The molecule has 0 amide bonds. The van der Waals surface area contributed by atoms with Crippen LogP contribution in [0.25, 0.3) is 0 Å². The lowest BCUT2D eigenvalue weighted by molar-refractivity contribution is -0.00343. The van der Waals surface area contributed by atoms with Crippen LogP contribution in [0, 0.1) is 0 Å². The molecule has 6 heteroatoms. The molecule has 0 atom stereocenters. The zero-order valence-electron chi connectivity index (χ0n) is 7.40. The van der Waals surface area contributed by atoms with Crippen LogP contribution < -0.4 is 5.32 Å². The molecule has 2 N–H and O–H groups in total. The van der Waals surface area contributed by atoms with E-state index in [0.717, 1.165) is 30.3 Å². The highest BCUT2D eigenvalue weighted by molar-refractivity contribution is 7.10. The van der Waals surface area contributed by atoms with Crippen LogP contribution in [0.1, 0.15) is 5.69 Å². The third-order valence-corrected chi connectivity index (χ3v) is 2.88. The van der Waals surface area contributed by atoms with Gasteiger partial charge in [-0.15, -0.1) is 5.10 Å². The van der Waals surface area contributed by atoms with Gasteiger partial charge in [-0.3, -0.25) is 4.90 Å². The van der Waals surface area contributed by atoms with Crippen molar-refractivity contribution in [3.63, 3.8) is 0 Å². The minimum atomic E-state index is -0.148. The fraction of sp³-hybridized carbons (Fsp3) is 0.714. The van der Waals surface area contributed by atoms with E-state index in [-0.39, 0.29) is 6.10 Å². The summed E-state index contributed by atoms with van der Waals surface area (Å²) in [6.07, 6.45) is -0.148. The zero-order chi connectivity index (χ0) is 9.26. The first-order chi connectivity index (χ1) is 6.29. The lowest BCUT2D eigenvalue weighted by Gasteiger charge is -2.35. The fourth-order valence-electron chi connectivity index (χ4n) is 1.39. The van der Waals surface area contributed by atoms with Gasteiger partial charge in [-0.2, -0.15) is 0 Å². The Bertz CT molecular complexity index is 284. The molecule has 2 heterocycles. The molecule has 2 rings (SSSR count). The molecule has 72 valence electrons. The highest BCUT2D eigenvalue weighted by Crippen LogP contribution is 2.20. The highest BCUT2D eigenvalue weighted by atomic mass is 32.1. The standard InChI is InChI=1S/C7H12N4OS/c1-8-7-6(9-10-13-7)4-11-2-5(12)3-11/h5,8,12H,2-4H2,1H3. The van der Waals surface area contributed by atoms with Gasteiger partial charge in [0, 0.05) is 38.2 Å². The molecule has 1 aromatic rings. The van der Waals surface area contributed by atoms with Crippen LogP contribution >= 0.6 is 11.5 Å². The number of nitrogens with one attached hydrogen (secondary N) is 1. The number of β-amino-alcohol motifs (C(OH)–C–C–N with tert-alkyl or cyclic N) is 1. The van der Waals surface area contributed by atoms with Gasteiger partial charge in [0.2, 0.25) is 0 Å². The Morgan fingerprint density at radius 2 is 2.46 bits per heavy atom. The minimum absolute atomic E-state index is 0.148. The molecule has 0 aliphatic carbocycles. The van der Waals surface area contributed by atoms with E-state index in [0.29, 0.717) is 0 Å². The highest BCUT2D eigenvalue weighted by Gasteiger charge is 2.25. The minimum Gasteiger partial charge on any atom is -0.390 e. The van der Waals surface area contributed by atoms with Gasteiger partial charge in [0.1, 0.15) is 10.7 Å². The van der Waals surface area contributed by atoms with Crippen molar-refractivity contribution in [1.29, 1.82) is 0 Å². The summed E-state index contributed by atoms with van der Waals surface area (Å²) in [7, 11) is 1.86. The first-order valence-electron chi connectivity index (χ1n) is 4.19. The average molecular weight is 200 g/mol. The van der Waals surface area contributed by atoms with Crippen molar-refractivity contribution in [3.8, 4) is 0 Å². The van der Waals surface area contributed by atoms with E-state index in [4.69, 9.17) is 5.11 Å². The molecular weight excluding hydrogens is 188 g/mol. The molecule has 1 fully saturated rings. The quantitative estimate of drug-likeness (QED) is 0.705. The van der Waals surface area contributed by atoms with E-state index >= 15 is 0 Å². The zero-order valence-corrected chi connectivity index (χ0v) is 8.21. The molecule has 0 aromatic carbocycles. The lowest BCUT2D eigenvalue weighted by atomic mass is 10.1. The number of aromatic nitrogens is 2. The second-order valence-electron chi connectivity index (χ2n) is 3.15. The van der Waals surface area contributed by atoms with Crippen molar-refractivity contribution in [2.75, 3.05) is 25.5 Å². The summed E-state index contributed by atoms with van der Waals surface area (Å²) < 4.78 is 3.86. The number of nitrogens with zero attached hydrogens (tertiary/aromatic N) is 3. The number of aliphatic hydroxyl groups is 1. The number of hydrogen-bond acceptors (Lipinski definition) is 6. The molecule has 1 saturated heterocycles. The Morgan fingerprint density at radius 1 is 1.69 bits per heavy atom. The van der Waals surface area contributed by atoms with Crippen molar-refractivity contribution in [2.24, 2.45) is 0 Å². The Labute approximate surface area is 80.5 Å². The molecular formula is C7H12N4OS. The SMILES string of the molecule is CNc1snnc1CN1CC(O)C1. The molecule has 5 nitrogen and oxygen atoms in total. The smallest absolute Gasteiger partial charge is 0.134 e. The Morgan fingerprint density at radius 3 is 3.08 bits per heavy atom. The molecule has 0 bridgehead atoms. The fourth-order valence-corrected chi connectivity index (χ4v) is 1.91. The number of hydrogen-bond donors (Lipinski definition) is 2. The Balaban J connectivity index is 1.94. The maximum Gasteiger partial charge on any atom is 0.134 e. The summed E-state index contributed by atoms with van der Waals surface area (Å²) in [5.41, 5.74) is 0.972. The van der Waals surface area contributed by atoms with Crippen molar-refractivity contribution in [3.05, 3.63) is 5.69 Å². The first kappa shape index (κ1) is 8.86. The molecule has 1 aliphatic rings. The second-order valence-corrected chi connectivity index (χ2v) is 3.90. The Kier molecular flexibility index (Phi) is 2.43. The predicted octanol–water partition coefficient (Wildman–Crippen LogP) is -0.244. The van der Waals surface area contributed by atoms with Crippen molar-refractivity contribution < 1.29 is 5.11 Å². The number of anilines is 1. The van der Waals surface area contributed by atoms with Gasteiger partial charge in [0.05, 0.1) is 6.10 Å². The Hall–Kier alpha value is -0.720. The monoisotopic (exact) mass is 200 g/mol. The van der Waals surface area contributed by atoms with Crippen LogP contribution in [0.5, 0.6) is 0 Å². The third kappa shape index (κ3) is 1.79. The summed E-state index contributed by atoms with van der Waals surface area (Å²) in [5, 5.41) is 17.2. The normalized spacial score (nSPS) is 18.6. The van der Waals surface area contributed by atoms with E-state index < -0.39 is 0 Å². The van der Waals surface area contributed by atoms with Crippen molar-refractivity contribution >= 4 is 16.5 Å². The summed E-state index contributed by atoms with van der Waals surface area (Å²) in [5.74, 6) is 0. The van der Waals surface area contributed by atoms with Crippen LogP contribution in [0.15, 0.2) is 0 Å². The molecule has 13 heavy (non-hydrogen) atoms. The van der Waals surface area contributed by atoms with Gasteiger partial charge >= 0.3 is 0 Å². The van der Waals surface area contributed by atoms with Crippen LogP contribution in [0.2, 0.25) is 0 Å². The van der Waals surface area contributed by atoms with Gasteiger partial charge < -0.3 is 10.4 Å². The van der Waals surface area contributed by atoms with E-state index in [1.807, 2.05) is 7.05 Å². The maximum atomic E-state index is 9.08. The number of aliphatic hydroxyl groups excluding tert-OH is 1. The molecule has 1 aromatic heterocycles.